The molecular weight excluding hydrogens is 388 g/mol. The van der Waals surface area contributed by atoms with Crippen molar-refractivity contribution >= 4 is 21.8 Å². The largest absolute Gasteiger partial charge is 0.493 e. The summed E-state index contributed by atoms with van der Waals surface area (Å²) in [7, 11) is 3.12. The number of ether oxygens (including phenoxy) is 3. The van der Waals surface area contributed by atoms with Crippen LogP contribution in [0.4, 0.5) is 0 Å². The minimum absolute atomic E-state index is 0.0455. The first kappa shape index (κ1) is 17.5. The Morgan fingerprint density at radius 3 is 2.68 bits per heavy atom. The standard InChI is InChI=1S/C18H19BrN2O4/c1-23-15-5-3-12(9-16(15)24-2)18(22)21-8-7-14(11-21)25-17-6-4-13(19)10-20-17/h3-6,9-10,14H,7-8,11H2,1-2H3. The highest BCUT2D eigenvalue weighted by atomic mass is 79.9. The van der Waals surface area contributed by atoms with E-state index in [-0.39, 0.29) is 12.0 Å². The molecule has 6 nitrogen and oxygen atoms in total. The molecule has 132 valence electrons. The number of rotatable bonds is 5. The molecule has 0 N–H and O–H groups in total. The zero-order valence-corrected chi connectivity index (χ0v) is 15.7. The van der Waals surface area contributed by atoms with Crippen LogP contribution in [-0.2, 0) is 0 Å². The van der Waals surface area contributed by atoms with Gasteiger partial charge >= 0.3 is 0 Å². The van der Waals surface area contributed by atoms with E-state index in [1.54, 1.807) is 43.5 Å². The molecule has 7 heteroatoms. The molecule has 2 heterocycles. The predicted octanol–water partition coefficient (Wildman–Crippen LogP) is 3.15. The second-order valence-corrected chi connectivity index (χ2v) is 6.58. The Balaban J connectivity index is 1.65. The zero-order chi connectivity index (χ0) is 17.8. The Bertz CT molecular complexity index is 751. The normalized spacial score (nSPS) is 16.6. The van der Waals surface area contributed by atoms with Crippen molar-refractivity contribution in [3.05, 3.63) is 46.6 Å². The highest BCUT2D eigenvalue weighted by Crippen LogP contribution is 2.29. The van der Waals surface area contributed by atoms with E-state index in [0.29, 0.717) is 36.0 Å². The van der Waals surface area contributed by atoms with E-state index in [4.69, 9.17) is 14.2 Å². The monoisotopic (exact) mass is 406 g/mol. The molecule has 0 spiro atoms. The van der Waals surface area contributed by atoms with Crippen LogP contribution >= 0.6 is 15.9 Å². The third-order valence-electron chi connectivity index (χ3n) is 4.05. The Labute approximate surface area is 154 Å². The van der Waals surface area contributed by atoms with Gasteiger partial charge in [0.15, 0.2) is 11.5 Å². The van der Waals surface area contributed by atoms with Crippen molar-refractivity contribution in [2.24, 2.45) is 0 Å². The molecule has 1 unspecified atom stereocenters. The molecule has 3 rings (SSSR count). The van der Waals surface area contributed by atoms with Crippen LogP contribution in [0.2, 0.25) is 0 Å². The summed E-state index contributed by atoms with van der Waals surface area (Å²) in [6.45, 7) is 1.18. The molecule has 0 aliphatic carbocycles. The third kappa shape index (κ3) is 4.04. The van der Waals surface area contributed by atoms with Gasteiger partial charge in [-0.05, 0) is 40.2 Å². The number of aromatic nitrogens is 1. The van der Waals surface area contributed by atoms with Crippen molar-refractivity contribution in [1.82, 2.24) is 9.88 Å². The highest BCUT2D eigenvalue weighted by Gasteiger charge is 2.29. The molecule has 0 bridgehead atoms. The summed E-state index contributed by atoms with van der Waals surface area (Å²) >= 11 is 3.34. The molecule has 1 aliphatic heterocycles. The molecule has 1 aliphatic rings. The van der Waals surface area contributed by atoms with Gasteiger partial charge in [0, 0.05) is 35.3 Å². The Morgan fingerprint density at radius 2 is 2.00 bits per heavy atom. The number of carbonyl (C=O) groups excluding carboxylic acids is 1. The van der Waals surface area contributed by atoms with Crippen molar-refractivity contribution in [3.8, 4) is 17.4 Å². The number of pyridine rings is 1. The van der Waals surface area contributed by atoms with E-state index in [0.717, 1.165) is 10.9 Å². The zero-order valence-electron chi connectivity index (χ0n) is 14.1. The van der Waals surface area contributed by atoms with E-state index in [1.807, 2.05) is 12.1 Å². The summed E-state index contributed by atoms with van der Waals surface area (Å²) in [5, 5.41) is 0. The molecule has 1 amide bonds. The van der Waals surface area contributed by atoms with Crippen LogP contribution in [0.15, 0.2) is 41.0 Å². The van der Waals surface area contributed by atoms with Gasteiger partial charge < -0.3 is 19.1 Å². The SMILES string of the molecule is COc1ccc(C(=O)N2CCC(Oc3ccc(Br)cn3)C2)cc1OC. The van der Waals surface area contributed by atoms with Gasteiger partial charge in [0.05, 0.1) is 20.8 Å². The van der Waals surface area contributed by atoms with Gasteiger partial charge in [0.2, 0.25) is 5.88 Å². The molecule has 25 heavy (non-hydrogen) atoms. The number of nitrogens with zero attached hydrogens (tertiary/aromatic N) is 2. The third-order valence-corrected chi connectivity index (χ3v) is 4.52. The molecular formula is C18H19BrN2O4. The van der Waals surface area contributed by atoms with Gasteiger partial charge in [-0.3, -0.25) is 4.79 Å². The summed E-state index contributed by atoms with van der Waals surface area (Å²) in [5.41, 5.74) is 0.570. The maximum absolute atomic E-state index is 12.7. The van der Waals surface area contributed by atoms with Gasteiger partial charge in [-0.15, -0.1) is 0 Å². The fourth-order valence-corrected chi connectivity index (χ4v) is 3.00. The van der Waals surface area contributed by atoms with E-state index >= 15 is 0 Å². The summed E-state index contributed by atoms with van der Waals surface area (Å²) in [6, 6.07) is 8.87. The van der Waals surface area contributed by atoms with Crippen molar-refractivity contribution < 1.29 is 19.0 Å². The lowest BCUT2D eigenvalue weighted by molar-refractivity contribution is 0.0770. The fourth-order valence-electron chi connectivity index (χ4n) is 2.76. The summed E-state index contributed by atoms with van der Waals surface area (Å²) in [4.78, 5) is 18.7. The van der Waals surface area contributed by atoms with Gasteiger partial charge in [-0.25, -0.2) is 4.98 Å². The summed E-state index contributed by atoms with van der Waals surface area (Å²) in [5.74, 6) is 1.66. The van der Waals surface area contributed by atoms with Gasteiger partial charge in [0.25, 0.3) is 5.91 Å². The number of hydrogen-bond acceptors (Lipinski definition) is 5. The highest BCUT2D eigenvalue weighted by molar-refractivity contribution is 9.10. The van der Waals surface area contributed by atoms with Crippen molar-refractivity contribution in [3.63, 3.8) is 0 Å². The first-order valence-corrected chi connectivity index (χ1v) is 8.69. The minimum atomic E-state index is -0.0576. The maximum atomic E-state index is 12.7. The van der Waals surface area contributed by atoms with Crippen molar-refractivity contribution in [2.75, 3.05) is 27.3 Å². The first-order valence-electron chi connectivity index (χ1n) is 7.90. The average molecular weight is 407 g/mol. The molecule has 0 saturated carbocycles. The molecule has 1 aromatic heterocycles. The van der Waals surface area contributed by atoms with E-state index in [2.05, 4.69) is 20.9 Å². The smallest absolute Gasteiger partial charge is 0.254 e. The molecule has 1 aromatic carbocycles. The number of benzene rings is 1. The van der Waals surface area contributed by atoms with Crippen molar-refractivity contribution in [2.45, 2.75) is 12.5 Å². The van der Waals surface area contributed by atoms with Crippen LogP contribution in [0.5, 0.6) is 17.4 Å². The van der Waals surface area contributed by atoms with E-state index in [1.165, 1.54) is 0 Å². The fraction of sp³-hybridized carbons (Fsp3) is 0.333. The van der Waals surface area contributed by atoms with E-state index in [9.17, 15) is 4.79 Å². The number of halogens is 1. The number of carbonyl (C=O) groups is 1. The Kier molecular flexibility index (Phi) is 5.43. The number of hydrogen-bond donors (Lipinski definition) is 0. The lowest BCUT2D eigenvalue weighted by Crippen LogP contribution is -2.31. The number of amides is 1. The maximum Gasteiger partial charge on any atom is 0.254 e. The topological polar surface area (TPSA) is 60.9 Å². The van der Waals surface area contributed by atoms with Gasteiger partial charge in [-0.2, -0.15) is 0 Å². The number of methoxy groups -OCH3 is 2. The van der Waals surface area contributed by atoms with Crippen LogP contribution in [0.25, 0.3) is 0 Å². The number of likely N-dealkylation sites (tertiary alicyclic amines) is 1. The lowest BCUT2D eigenvalue weighted by atomic mass is 10.1. The lowest BCUT2D eigenvalue weighted by Gasteiger charge is -2.18. The Morgan fingerprint density at radius 1 is 1.20 bits per heavy atom. The quantitative estimate of drug-likeness (QED) is 0.762. The minimum Gasteiger partial charge on any atom is -0.493 e. The molecule has 2 aromatic rings. The molecule has 1 saturated heterocycles. The van der Waals surface area contributed by atoms with Gasteiger partial charge in [0.1, 0.15) is 6.10 Å². The van der Waals surface area contributed by atoms with Crippen LogP contribution in [0.3, 0.4) is 0 Å². The van der Waals surface area contributed by atoms with Crippen LogP contribution < -0.4 is 14.2 Å². The van der Waals surface area contributed by atoms with E-state index < -0.39 is 0 Å². The second-order valence-electron chi connectivity index (χ2n) is 5.66. The predicted molar refractivity (Wildman–Crippen MR) is 96.4 cm³/mol. The average Bonchev–Trinajstić information content (AvgIpc) is 3.11. The molecule has 1 fully saturated rings. The first-order chi connectivity index (χ1) is 12.1. The van der Waals surface area contributed by atoms with Crippen LogP contribution in [0, 0.1) is 0 Å². The summed E-state index contributed by atoms with van der Waals surface area (Å²) < 4.78 is 17.2. The Hall–Kier alpha value is -2.28. The molecule has 0 radical (unpaired) electrons. The second kappa shape index (κ2) is 7.74. The summed E-state index contributed by atoms with van der Waals surface area (Å²) in [6.07, 6.45) is 2.41. The van der Waals surface area contributed by atoms with Crippen LogP contribution in [0.1, 0.15) is 16.8 Å². The van der Waals surface area contributed by atoms with Gasteiger partial charge in [-0.1, -0.05) is 0 Å². The van der Waals surface area contributed by atoms with Crippen LogP contribution in [-0.4, -0.2) is 49.2 Å². The van der Waals surface area contributed by atoms with Crippen molar-refractivity contribution in [1.29, 1.82) is 0 Å². The molecule has 1 atom stereocenters.